The number of benzene rings is 1. The molecule has 0 amide bonds. The van der Waals surface area contributed by atoms with Gasteiger partial charge in [0.25, 0.3) is 0 Å². The Balaban J connectivity index is 2.96. The summed E-state index contributed by atoms with van der Waals surface area (Å²) in [5.74, 6) is -2.02. The number of hydrogen-bond acceptors (Lipinski definition) is 1. The molecule has 0 unspecified atom stereocenters. The van der Waals surface area contributed by atoms with E-state index in [1.807, 2.05) is 0 Å². The third kappa shape index (κ3) is 1.57. The molecular formula is C10H8BrFN2. The van der Waals surface area contributed by atoms with Crippen LogP contribution in [0, 0.1) is 12.7 Å². The lowest BCUT2D eigenvalue weighted by molar-refractivity contribution is 0.616. The average molecular weight is 263 g/mol. The quantitative estimate of drug-likeness (QED) is 0.773. The van der Waals surface area contributed by atoms with Gasteiger partial charge in [-0.2, -0.15) is 0 Å². The molecule has 0 aliphatic carbocycles. The Morgan fingerprint density at radius 2 is 2.36 bits per heavy atom. The van der Waals surface area contributed by atoms with E-state index in [0.717, 1.165) is 0 Å². The zero-order valence-corrected chi connectivity index (χ0v) is 8.24. The number of halogens is 2. The van der Waals surface area contributed by atoms with E-state index in [0.29, 0.717) is 4.57 Å². The lowest BCUT2D eigenvalue weighted by Gasteiger charge is -2.04. The summed E-state index contributed by atoms with van der Waals surface area (Å²) in [7, 11) is 0. The van der Waals surface area contributed by atoms with Crippen molar-refractivity contribution in [1.82, 2.24) is 9.55 Å². The van der Waals surface area contributed by atoms with Gasteiger partial charge in [-0.05, 0) is 34.9 Å². The normalized spacial score (nSPS) is 19.6. The summed E-state index contributed by atoms with van der Waals surface area (Å²) < 4.78 is 74.9. The molecule has 1 aromatic heterocycles. The van der Waals surface area contributed by atoms with Gasteiger partial charge < -0.3 is 0 Å². The number of aryl methyl sites for hydroxylation is 1. The van der Waals surface area contributed by atoms with Crippen LogP contribution in [0.1, 0.15) is 16.8 Å². The van der Waals surface area contributed by atoms with Crippen LogP contribution in [-0.2, 0) is 0 Å². The van der Waals surface area contributed by atoms with Gasteiger partial charge in [0.2, 0.25) is 0 Å². The molecule has 2 aromatic rings. The van der Waals surface area contributed by atoms with E-state index in [1.54, 1.807) is 0 Å². The zero-order chi connectivity index (χ0) is 17.0. The van der Waals surface area contributed by atoms with Crippen LogP contribution in [0.5, 0.6) is 0 Å². The number of nitrogens with zero attached hydrogens (tertiary/aromatic N) is 2. The minimum Gasteiger partial charge on any atom is -0.300 e. The molecule has 0 spiro atoms. The van der Waals surface area contributed by atoms with Gasteiger partial charge in [-0.1, -0.05) is 12.1 Å². The molecule has 4 heteroatoms. The zero-order valence-electron chi connectivity index (χ0n) is 14.7. The van der Waals surface area contributed by atoms with Crippen molar-refractivity contribution in [2.24, 2.45) is 0 Å². The fraction of sp³-hybridized carbons (Fsp3) is 0.100. The molecule has 0 radical (unpaired) electrons. The molecule has 0 atom stereocenters. The fourth-order valence-electron chi connectivity index (χ4n) is 0.920. The number of imidazole rings is 1. The van der Waals surface area contributed by atoms with Crippen molar-refractivity contribution < 1.29 is 15.4 Å². The second kappa shape index (κ2) is 3.53. The van der Waals surface area contributed by atoms with E-state index in [9.17, 15) is 4.39 Å². The summed E-state index contributed by atoms with van der Waals surface area (Å²) >= 11 is 2.87. The summed E-state index contributed by atoms with van der Waals surface area (Å²) in [6.07, 6.45) is -0.532. The van der Waals surface area contributed by atoms with Crippen LogP contribution in [0.25, 0.3) is 5.69 Å². The van der Waals surface area contributed by atoms with Crippen molar-refractivity contribution in [2.45, 2.75) is 6.85 Å². The summed E-state index contributed by atoms with van der Waals surface area (Å²) in [5, 5.41) is 0. The highest BCUT2D eigenvalue weighted by Crippen LogP contribution is 2.17. The predicted octanol–water partition coefficient (Wildman–Crippen LogP) is 3.08. The second-order valence-corrected chi connectivity index (χ2v) is 3.09. The first-order valence-corrected chi connectivity index (χ1v) is 4.29. The highest BCUT2D eigenvalue weighted by molar-refractivity contribution is 9.10. The molecule has 1 aromatic carbocycles. The number of aromatic nitrogens is 2. The first-order valence-electron chi connectivity index (χ1n) is 7.50. The van der Waals surface area contributed by atoms with Crippen molar-refractivity contribution in [3.05, 3.63) is 46.6 Å². The Morgan fingerprint density at radius 3 is 3.14 bits per heavy atom. The van der Waals surface area contributed by atoms with Crippen molar-refractivity contribution in [3.63, 3.8) is 0 Å². The molecule has 14 heavy (non-hydrogen) atoms. The maximum absolute atomic E-state index is 14.3. The van der Waals surface area contributed by atoms with Crippen molar-refractivity contribution in [3.8, 4) is 5.69 Å². The molecule has 0 N–H and O–H groups in total. The third-order valence-corrected chi connectivity index (χ3v) is 1.82. The summed E-state index contributed by atoms with van der Waals surface area (Å²) in [5.41, 5.74) is -0.750. The summed E-state index contributed by atoms with van der Waals surface area (Å²) in [6.45, 7) is -2.80. The van der Waals surface area contributed by atoms with Gasteiger partial charge in [0, 0.05) is 10.3 Å². The van der Waals surface area contributed by atoms with Gasteiger partial charge in [-0.15, -0.1) is 0 Å². The molecule has 2 nitrogen and oxygen atoms in total. The second-order valence-electron chi connectivity index (χ2n) is 2.34. The minimum atomic E-state index is -2.80. The van der Waals surface area contributed by atoms with Crippen LogP contribution in [0.4, 0.5) is 4.39 Å². The Kier molecular flexibility index (Phi) is 0.953. The number of rotatable bonds is 1. The van der Waals surface area contributed by atoms with E-state index >= 15 is 0 Å². The van der Waals surface area contributed by atoms with Crippen LogP contribution >= 0.6 is 15.9 Å². The van der Waals surface area contributed by atoms with Gasteiger partial charge >= 0.3 is 0 Å². The maximum atomic E-state index is 14.3. The van der Waals surface area contributed by atoms with Crippen molar-refractivity contribution in [1.29, 1.82) is 0 Å². The Labute approximate surface area is 101 Å². The predicted molar refractivity (Wildman–Crippen MR) is 56.0 cm³/mol. The summed E-state index contributed by atoms with van der Waals surface area (Å²) in [4.78, 5) is 3.63. The highest BCUT2D eigenvalue weighted by Gasteiger charge is 2.07. The monoisotopic (exact) mass is 262 g/mol. The minimum absolute atomic E-state index is 0.176. The number of hydrogen-bond donors (Lipinski definition) is 0. The van der Waals surface area contributed by atoms with Gasteiger partial charge in [0.15, 0.2) is 0 Å². The van der Waals surface area contributed by atoms with Crippen molar-refractivity contribution >= 4 is 15.9 Å². The van der Waals surface area contributed by atoms with E-state index in [1.165, 1.54) is 0 Å². The van der Waals surface area contributed by atoms with Gasteiger partial charge in [-0.25, -0.2) is 9.37 Å². The molecular weight excluding hydrogens is 247 g/mol. The smallest absolute Gasteiger partial charge is 0.147 e. The van der Waals surface area contributed by atoms with Crippen LogP contribution in [-0.4, -0.2) is 9.55 Å². The van der Waals surface area contributed by atoms with Crippen LogP contribution in [0.3, 0.4) is 0 Å². The Morgan fingerprint density at radius 1 is 1.57 bits per heavy atom. The van der Waals surface area contributed by atoms with Crippen LogP contribution in [0.15, 0.2) is 34.9 Å². The van der Waals surface area contributed by atoms with Gasteiger partial charge in [0.05, 0.1) is 12.5 Å². The fourth-order valence-corrected chi connectivity index (χ4v) is 1.26. The molecule has 1 heterocycles. The van der Waals surface area contributed by atoms with Gasteiger partial charge in [0.1, 0.15) is 16.2 Å². The van der Waals surface area contributed by atoms with E-state index < -0.39 is 54.5 Å². The van der Waals surface area contributed by atoms with E-state index in [2.05, 4.69) is 20.9 Å². The highest BCUT2D eigenvalue weighted by atomic mass is 79.9. The molecule has 72 valence electrons. The maximum Gasteiger partial charge on any atom is 0.147 e. The first kappa shape index (κ1) is 3.77. The molecule has 0 saturated carbocycles. The topological polar surface area (TPSA) is 17.8 Å². The molecule has 2 rings (SSSR count). The van der Waals surface area contributed by atoms with E-state index in [4.69, 9.17) is 11.0 Å². The molecule has 0 aliphatic heterocycles. The first-order chi connectivity index (χ1) is 9.98. The average Bonchev–Trinajstić information content (AvgIpc) is 2.72. The lowest BCUT2D eigenvalue weighted by atomic mass is 10.3. The Hall–Kier alpha value is -1.16. The van der Waals surface area contributed by atoms with Gasteiger partial charge in [-0.3, -0.25) is 4.57 Å². The molecule has 0 saturated heterocycles. The number of para-hydroxylation sites is 1. The van der Waals surface area contributed by atoms with Crippen LogP contribution in [0.2, 0.25) is 0 Å². The standard InChI is InChI=1S/C10H8BrFN2/c1-7-13-10(11)6-14(7)9-5-3-2-4-8(9)12/h2-6H,1H3/i1D3,2D,3D,4D,5D,6D. The summed E-state index contributed by atoms with van der Waals surface area (Å²) in [6, 6.07) is -3.26. The Bertz CT molecular complexity index is 741. The van der Waals surface area contributed by atoms with Crippen molar-refractivity contribution in [2.75, 3.05) is 0 Å². The van der Waals surface area contributed by atoms with E-state index in [-0.39, 0.29) is 4.60 Å². The molecule has 0 aliphatic rings. The molecule has 0 fully saturated rings. The molecule has 0 bridgehead atoms. The lowest BCUT2D eigenvalue weighted by Crippen LogP contribution is -1.97. The SMILES string of the molecule is [2H]c1c([2H])c([2H])c(-n2c(C([2H])([2H])[2H])nc(Br)c2[2H])c(F)c1[2H]. The largest absolute Gasteiger partial charge is 0.300 e. The van der Waals surface area contributed by atoms with Crippen LogP contribution < -0.4 is 0 Å². The third-order valence-electron chi connectivity index (χ3n) is 1.47.